The molecular weight excluding hydrogens is 455 g/mol. The fourth-order valence-electron chi connectivity index (χ4n) is 2.79. The maximum absolute atomic E-state index is 12.8. The Balaban J connectivity index is 2.32. The van der Waals surface area contributed by atoms with E-state index in [0.29, 0.717) is 5.88 Å². The number of anilines is 1. The van der Waals surface area contributed by atoms with Gasteiger partial charge in [-0.2, -0.15) is 4.31 Å². The molecule has 0 heterocycles. The number of nitrogens with one attached hydrogen (secondary N) is 1. The first-order valence-electron chi connectivity index (χ1n) is 9.13. The highest BCUT2D eigenvalue weighted by atomic mass is 35.5. The van der Waals surface area contributed by atoms with Crippen molar-refractivity contribution in [3.8, 4) is 0 Å². The van der Waals surface area contributed by atoms with E-state index < -0.39 is 20.0 Å². The molecule has 0 saturated carbocycles. The number of aryl methyl sites for hydroxylation is 1. The second-order valence-electron chi connectivity index (χ2n) is 6.28. The van der Waals surface area contributed by atoms with Crippen LogP contribution in [-0.2, 0) is 26.5 Å². The van der Waals surface area contributed by atoms with Crippen molar-refractivity contribution in [2.45, 2.75) is 36.5 Å². The summed E-state index contributed by atoms with van der Waals surface area (Å²) >= 11 is 11.8. The van der Waals surface area contributed by atoms with Gasteiger partial charge in [0.2, 0.25) is 10.0 Å². The number of alkyl halides is 1. The molecule has 0 radical (unpaired) electrons. The SMILES string of the molecule is CCN(CC)S(=O)(=O)c1cc(NS(=O)(=O)c2ccc(CCCCl)cc2)ccc1Cl. The molecule has 1 N–H and O–H groups in total. The predicted molar refractivity (Wildman–Crippen MR) is 118 cm³/mol. The summed E-state index contributed by atoms with van der Waals surface area (Å²) in [5.41, 5.74) is 1.11. The largest absolute Gasteiger partial charge is 0.280 e. The van der Waals surface area contributed by atoms with Crippen molar-refractivity contribution in [3.05, 3.63) is 53.1 Å². The van der Waals surface area contributed by atoms with Crippen molar-refractivity contribution in [3.63, 3.8) is 0 Å². The lowest BCUT2D eigenvalue weighted by Crippen LogP contribution is -2.30. The number of benzene rings is 2. The maximum atomic E-state index is 12.8. The van der Waals surface area contributed by atoms with Crippen LogP contribution in [0.2, 0.25) is 5.02 Å². The van der Waals surface area contributed by atoms with Gasteiger partial charge in [0.15, 0.2) is 0 Å². The lowest BCUT2D eigenvalue weighted by Gasteiger charge is -2.20. The van der Waals surface area contributed by atoms with E-state index >= 15 is 0 Å². The molecule has 0 aromatic heterocycles. The normalized spacial score (nSPS) is 12.3. The van der Waals surface area contributed by atoms with Crippen LogP contribution in [0.25, 0.3) is 0 Å². The zero-order chi connectivity index (χ0) is 21.7. The third-order valence-corrected chi connectivity index (χ3v) is 8.54. The van der Waals surface area contributed by atoms with Gasteiger partial charge in [-0.3, -0.25) is 4.72 Å². The van der Waals surface area contributed by atoms with Crippen LogP contribution >= 0.6 is 23.2 Å². The standard InChI is InChI=1S/C19H24Cl2N2O4S2/c1-3-23(4-2)29(26,27)19-14-16(9-12-18(19)21)22-28(24,25)17-10-7-15(8-11-17)6-5-13-20/h7-12,14,22H,3-6,13H2,1-2H3. The number of hydrogen-bond donors (Lipinski definition) is 1. The second-order valence-corrected chi connectivity index (χ2v) is 10.7. The third kappa shape index (κ3) is 5.86. The fourth-order valence-corrected chi connectivity index (χ4v) is 5.93. The molecule has 0 amide bonds. The molecule has 0 spiro atoms. The van der Waals surface area contributed by atoms with Crippen molar-refractivity contribution >= 4 is 48.9 Å². The van der Waals surface area contributed by atoms with Crippen LogP contribution in [0.1, 0.15) is 25.8 Å². The minimum Gasteiger partial charge on any atom is -0.280 e. The summed E-state index contributed by atoms with van der Waals surface area (Å²) in [4.78, 5) is -0.0605. The third-order valence-electron chi connectivity index (χ3n) is 4.34. The van der Waals surface area contributed by atoms with Gasteiger partial charge in [0.05, 0.1) is 15.6 Å². The van der Waals surface area contributed by atoms with E-state index in [0.717, 1.165) is 18.4 Å². The smallest absolute Gasteiger partial charge is 0.261 e. The van der Waals surface area contributed by atoms with Crippen molar-refractivity contribution < 1.29 is 16.8 Å². The van der Waals surface area contributed by atoms with Gasteiger partial charge in [-0.25, -0.2) is 16.8 Å². The molecule has 6 nitrogen and oxygen atoms in total. The first-order chi connectivity index (χ1) is 13.7. The van der Waals surface area contributed by atoms with E-state index in [4.69, 9.17) is 23.2 Å². The summed E-state index contributed by atoms with van der Waals surface area (Å²) in [5, 5.41) is 0.0310. The first kappa shape index (κ1) is 24.0. The summed E-state index contributed by atoms with van der Waals surface area (Å²) in [6.07, 6.45) is 1.57. The highest BCUT2D eigenvalue weighted by Gasteiger charge is 2.25. The van der Waals surface area contributed by atoms with Crippen molar-refractivity contribution in [1.29, 1.82) is 0 Å². The van der Waals surface area contributed by atoms with Gasteiger partial charge in [-0.05, 0) is 48.7 Å². The monoisotopic (exact) mass is 478 g/mol. The van der Waals surface area contributed by atoms with Crippen LogP contribution in [-0.4, -0.2) is 40.1 Å². The molecule has 0 aliphatic carbocycles. The lowest BCUT2D eigenvalue weighted by atomic mass is 10.1. The minimum absolute atomic E-state index is 0.0310. The van der Waals surface area contributed by atoms with Gasteiger partial charge >= 0.3 is 0 Å². The Bertz CT molecular complexity index is 1040. The van der Waals surface area contributed by atoms with Crippen LogP contribution in [0.5, 0.6) is 0 Å². The summed E-state index contributed by atoms with van der Waals surface area (Å²) in [7, 11) is -7.72. The first-order valence-corrected chi connectivity index (χ1v) is 13.0. The molecule has 0 saturated heterocycles. The summed E-state index contributed by atoms with van der Waals surface area (Å²) in [6, 6.07) is 10.5. The molecule has 10 heteroatoms. The van der Waals surface area contributed by atoms with Gasteiger partial charge in [0.25, 0.3) is 10.0 Å². The molecule has 0 unspecified atom stereocenters. The highest BCUT2D eigenvalue weighted by Crippen LogP contribution is 2.29. The second kappa shape index (κ2) is 10.1. The molecule has 29 heavy (non-hydrogen) atoms. The van der Waals surface area contributed by atoms with Crippen LogP contribution in [0.4, 0.5) is 5.69 Å². The zero-order valence-electron chi connectivity index (χ0n) is 16.2. The minimum atomic E-state index is -3.88. The Morgan fingerprint density at radius 1 is 0.966 bits per heavy atom. The number of rotatable bonds is 10. The average Bonchev–Trinajstić information content (AvgIpc) is 2.68. The predicted octanol–water partition coefficient (Wildman–Crippen LogP) is 4.34. The zero-order valence-corrected chi connectivity index (χ0v) is 19.4. The molecule has 2 rings (SSSR count). The highest BCUT2D eigenvalue weighted by molar-refractivity contribution is 7.92. The molecular formula is C19H24Cl2N2O4S2. The Morgan fingerprint density at radius 3 is 2.14 bits per heavy atom. The van der Waals surface area contributed by atoms with Crippen molar-refractivity contribution in [2.75, 3.05) is 23.7 Å². The van der Waals surface area contributed by atoms with Crippen molar-refractivity contribution in [2.24, 2.45) is 0 Å². The molecule has 0 aliphatic heterocycles. The van der Waals surface area contributed by atoms with E-state index in [1.807, 2.05) is 0 Å². The fraction of sp³-hybridized carbons (Fsp3) is 0.368. The summed E-state index contributed by atoms with van der Waals surface area (Å²) in [6.45, 7) is 4.00. The molecule has 2 aromatic carbocycles. The summed E-state index contributed by atoms with van der Waals surface area (Å²) < 4.78 is 54.6. The van der Waals surface area contributed by atoms with Crippen LogP contribution in [0.3, 0.4) is 0 Å². The maximum Gasteiger partial charge on any atom is 0.261 e. The van der Waals surface area contributed by atoms with Crippen LogP contribution in [0.15, 0.2) is 52.3 Å². The molecule has 0 atom stereocenters. The van der Waals surface area contributed by atoms with Crippen molar-refractivity contribution in [1.82, 2.24) is 4.31 Å². The van der Waals surface area contributed by atoms with Crippen LogP contribution < -0.4 is 4.72 Å². The average molecular weight is 479 g/mol. The Morgan fingerprint density at radius 2 is 1.59 bits per heavy atom. The molecule has 0 bridgehead atoms. The number of hydrogen-bond acceptors (Lipinski definition) is 4. The van der Waals surface area contributed by atoms with E-state index in [2.05, 4.69) is 4.72 Å². The van der Waals surface area contributed by atoms with Gasteiger partial charge in [-0.1, -0.05) is 37.6 Å². The van der Waals surface area contributed by atoms with E-state index in [1.54, 1.807) is 26.0 Å². The van der Waals surface area contributed by atoms with Crippen LogP contribution in [0, 0.1) is 0 Å². The lowest BCUT2D eigenvalue weighted by molar-refractivity contribution is 0.445. The molecule has 160 valence electrons. The Hall–Kier alpha value is -1.32. The number of halogens is 2. The van der Waals surface area contributed by atoms with Gasteiger partial charge in [-0.15, -0.1) is 11.6 Å². The van der Waals surface area contributed by atoms with Gasteiger partial charge in [0, 0.05) is 19.0 Å². The topological polar surface area (TPSA) is 83.6 Å². The molecule has 0 aliphatic rings. The van der Waals surface area contributed by atoms with E-state index in [-0.39, 0.29) is 33.6 Å². The molecule has 0 fully saturated rings. The van der Waals surface area contributed by atoms with E-state index in [9.17, 15) is 16.8 Å². The summed E-state index contributed by atoms with van der Waals surface area (Å²) in [5.74, 6) is 0.539. The Labute approximate surface area is 182 Å². The quantitative estimate of drug-likeness (QED) is 0.514. The number of sulfonamides is 2. The van der Waals surface area contributed by atoms with Gasteiger partial charge in [0.1, 0.15) is 4.90 Å². The van der Waals surface area contributed by atoms with Gasteiger partial charge < -0.3 is 0 Å². The Kier molecular flexibility index (Phi) is 8.37. The molecule has 2 aromatic rings. The van der Waals surface area contributed by atoms with E-state index in [1.165, 1.54) is 34.6 Å². The number of nitrogens with zero attached hydrogens (tertiary/aromatic N) is 1.